The maximum atomic E-state index is 12.7. The van der Waals surface area contributed by atoms with Gasteiger partial charge in [0.2, 0.25) is 10.0 Å². The molecule has 3 rings (SSSR count). The van der Waals surface area contributed by atoms with Gasteiger partial charge in [-0.25, -0.2) is 8.42 Å². The molecular formula is C15H21NO3S. The normalized spacial score (nSPS) is 22.7. The molecule has 0 atom stereocenters. The lowest BCUT2D eigenvalue weighted by Crippen LogP contribution is -2.50. The molecule has 1 aliphatic heterocycles. The van der Waals surface area contributed by atoms with Gasteiger partial charge in [0.05, 0.1) is 17.1 Å². The van der Waals surface area contributed by atoms with Crippen molar-refractivity contribution in [3.05, 3.63) is 29.3 Å². The molecule has 0 bridgehead atoms. The Labute approximate surface area is 120 Å². The van der Waals surface area contributed by atoms with Crippen LogP contribution in [-0.2, 0) is 27.6 Å². The van der Waals surface area contributed by atoms with Gasteiger partial charge >= 0.3 is 0 Å². The number of nitrogens with zero attached hydrogens (tertiary/aromatic N) is 1. The first-order valence-corrected chi connectivity index (χ1v) is 8.58. The van der Waals surface area contributed by atoms with Crippen molar-refractivity contribution >= 4 is 10.0 Å². The molecule has 1 aromatic rings. The van der Waals surface area contributed by atoms with Crippen molar-refractivity contribution < 1.29 is 13.2 Å². The standard InChI is InChI=1S/C15H21NO3S/c1-15(2)11-16(8-9-19-15)20(17,18)14-7-6-12-4-3-5-13(12)10-14/h6-7,10H,3-5,8-9,11H2,1-2H3. The second-order valence-electron chi connectivity index (χ2n) is 6.23. The summed E-state index contributed by atoms with van der Waals surface area (Å²) in [5, 5.41) is 0. The van der Waals surface area contributed by atoms with Crippen LogP contribution < -0.4 is 0 Å². The largest absolute Gasteiger partial charge is 0.373 e. The zero-order chi connectivity index (χ0) is 14.4. The Bertz CT molecular complexity index is 622. The van der Waals surface area contributed by atoms with Gasteiger partial charge in [0.25, 0.3) is 0 Å². The highest BCUT2D eigenvalue weighted by atomic mass is 32.2. The van der Waals surface area contributed by atoms with E-state index in [-0.39, 0.29) is 0 Å². The number of aryl methyl sites for hydroxylation is 2. The van der Waals surface area contributed by atoms with Gasteiger partial charge in [-0.1, -0.05) is 6.07 Å². The van der Waals surface area contributed by atoms with E-state index in [1.165, 1.54) is 11.1 Å². The molecule has 0 N–H and O–H groups in total. The average Bonchev–Trinajstić information content (AvgIpc) is 2.84. The summed E-state index contributed by atoms with van der Waals surface area (Å²) in [6, 6.07) is 5.59. The molecule has 0 radical (unpaired) electrons. The quantitative estimate of drug-likeness (QED) is 0.838. The summed E-state index contributed by atoms with van der Waals surface area (Å²) in [5.74, 6) is 0. The smallest absolute Gasteiger partial charge is 0.243 e. The van der Waals surface area contributed by atoms with E-state index < -0.39 is 15.6 Å². The first-order valence-electron chi connectivity index (χ1n) is 7.14. The minimum Gasteiger partial charge on any atom is -0.373 e. The van der Waals surface area contributed by atoms with Crippen LogP contribution in [0.25, 0.3) is 0 Å². The molecule has 0 amide bonds. The third-order valence-electron chi connectivity index (χ3n) is 4.10. The minimum absolute atomic E-state index is 0.409. The fourth-order valence-electron chi connectivity index (χ4n) is 3.04. The number of hydrogen-bond acceptors (Lipinski definition) is 3. The van der Waals surface area contributed by atoms with Crippen molar-refractivity contribution in [3.63, 3.8) is 0 Å². The first kappa shape index (κ1) is 14.0. The Morgan fingerprint density at radius 1 is 1.20 bits per heavy atom. The van der Waals surface area contributed by atoms with E-state index in [2.05, 4.69) is 0 Å². The number of benzene rings is 1. The summed E-state index contributed by atoms with van der Waals surface area (Å²) in [4.78, 5) is 0.427. The van der Waals surface area contributed by atoms with Crippen molar-refractivity contribution in [3.8, 4) is 0 Å². The first-order chi connectivity index (χ1) is 9.38. The zero-order valence-corrected chi connectivity index (χ0v) is 12.9. The molecule has 2 aliphatic rings. The second-order valence-corrected chi connectivity index (χ2v) is 8.17. The molecule has 1 aromatic carbocycles. The Kier molecular flexibility index (Phi) is 3.39. The third-order valence-corrected chi connectivity index (χ3v) is 5.94. The van der Waals surface area contributed by atoms with Crippen molar-refractivity contribution in [2.24, 2.45) is 0 Å². The second kappa shape index (κ2) is 4.83. The monoisotopic (exact) mass is 295 g/mol. The Morgan fingerprint density at radius 3 is 2.70 bits per heavy atom. The summed E-state index contributed by atoms with van der Waals surface area (Å²) >= 11 is 0. The summed E-state index contributed by atoms with van der Waals surface area (Å²) in [7, 11) is -3.40. The number of sulfonamides is 1. The Hall–Kier alpha value is -0.910. The summed E-state index contributed by atoms with van der Waals surface area (Å²) in [6.07, 6.45) is 3.19. The SMILES string of the molecule is CC1(C)CN(S(=O)(=O)c2ccc3c(c2)CCC3)CCO1. The molecule has 4 nitrogen and oxygen atoms in total. The summed E-state index contributed by atoms with van der Waals surface area (Å²) < 4.78 is 32.6. The minimum atomic E-state index is -3.40. The van der Waals surface area contributed by atoms with Gasteiger partial charge in [-0.15, -0.1) is 0 Å². The highest BCUT2D eigenvalue weighted by Crippen LogP contribution is 2.28. The van der Waals surface area contributed by atoms with Gasteiger partial charge in [0.1, 0.15) is 0 Å². The third kappa shape index (κ3) is 2.50. The van der Waals surface area contributed by atoms with E-state index in [1.54, 1.807) is 10.4 Å². The van der Waals surface area contributed by atoms with E-state index in [0.717, 1.165) is 19.3 Å². The topological polar surface area (TPSA) is 46.6 Å². The van der Waals surface area contributed by atoms with E-state index in [1.807, 2.05) is 26.0 Å². The highest BCUT2D eigenvalue weighted by Gasteiger charge is 2.35. The van der Waals surface area contributed by atoms with Crippen LogP contribution in [0.1, 0.15) is 31.4 Å². The van der Waals surface area contributed by atoms with Crippen LogP contribution in [0.4, 0.5) is 0 Å². The van der Waals surface area contributed by atoms with Gasteiger partial charge < -0.3 is 4.74 Å². The molecule has 110 valence electrons. The average molecular weight is 295 g/mol. The fourth-order valence-corrected chi connectivity index (χ4v) is 4.66. The number of rotatable bonds is 2. The highest BCUT2D eigenvalue weighted by molar-refractivity contribution is 7.89. The van der Waals surface area contributed by atoms with Crippen molar-refractivity contribution in [1.29, 1.82) is 0 Å². The van der Waals surface area contributed by atoms with E-state index in [0.29, 0.717) is 24.6 Å². The van der Waals surface area contributed by atoms with Crippen LogP contribution in [0.2, 0.25) is 0 Å². The maximum Gasteiger partial charge on any atom is 0.243 e. The van der Waals surface area contributed by atoms with Crippen molar-refractivity contribution in [2.45, 2.75) is 43.6 Å². The number of fused-ring (bicyclic) bond motifs is 1. The molecule has 1 heterocycles. The van der Waals surface area contributed by atoms with Gasteiger partial charge in [0.15, 0.2) is 0 Å². The fraction of sp³-hybridized carbons (Fsp3) is 0.600. The number of morpholine rings is 1. The lowest BCUT2D eigenvalue weighted by Gasteiger charge is -2.37. The zero-order valence-electron chi connectivity index (χ0n) is 12.1. The molecule has 5 heteroatoms. The van der Waals surface area contributed by atoms with Gasteiger partial charge in [0, 0.05) is 13.1 Å². The summed E-state index contributed by atoms with van der Waals surface area (Å²) in [5.41, 5.74) is 2.08. The molecule has 20 heavy (non-hydrogen) atoms. The van der Waals surface area contributed by atoms with Crippen molar-refractivity contribution in [1.82, 2.24) is 4.31 Å². The maximum absolute atomic E-state index is 12.7. The van der Waals surface area contributed by atoms with Crippen LogP contribution in [0.3, 0.4) is 0 Å². The van der Waals surface area contributed by atoms with E-state index in [9.17, 15) is 8.42 Å². The molecule has 0 aromatic heterocycles. The molecule has 1 saturated heterocycles. The van der Waals surface area contributed by atoms with E-state index in [4.69, 9.17) is 4.74 Å². The number of hydrogen-bond donors (Lipinski definition) is 0. The van der Waals surface area contributed by atoms with Gasteiger partial charge in [-0.3, -0.25) is 0 Å². The molecule has 0 saturated carbocycles. The number of ether oxygens (including phenoxy) is 1. The van der Waals surface area contributed by atoms with Crippen LogP contribution >= 0.6 is 0 Å². The summed E-state index contributed by atoms with van der Waals surface area (Å²) in [6.45, 7) is 5.15. The van der Waals surface area contributed by atoms with Crippen LogP contribution in [0.5, 0.6) is 0 Å². The lowest BCUT2D eigenvalue weighted by molar-refractivity contribution is -0.0640. The van der Waals surface area contributed by atoms with Crippen LogP contribution in [0.15, 0.2) is 23.1 Å². The van der Waals surface area contributed by atoms with Gasteiger partial charge in [-0.2, -0.15) is 4.31 Å². The van der Waals surface area contributed by atoms with Gasteiger partial charge in [-0.05, 0) is 56.4 Å². The molecule has 1 fully saturated rings. The molecule has 0 unspecified atom stereocenters. The predicted molar refractivity (Wildman–Crippen MR) is 77.3 cm³/mol. The Balaban J connectivity index is 1.92. The molecular weight excluding hydrogens is 274 g/mol. The van der Waals surface area contributed by atoms with E-state index >= 15 is 0 Å². The lowest BCUT2D eigenvalue weighted by atomic mass is 10.1. The molecule has 1 aliphatic carbocycles. The predicted octanol–water partition coefficient (Wildman–Crippen LogP) is 1.97. The van der Waals surface area contributed by atoms with Crippen LogP contribution in [0, 0.1) is 0 Å². The Morgan fingerprint density at radius 2 is 1.95 bits per heavy atom. The molecule has 0 spiro atoms. The van der Waals surface area contributed by atoms with Crippen molar-refractivity contribution in [2.75, 3.05) is 19.7 Å². The van der Waals surface area contributed by atoms with Crippen LogP contribution in [-0.4, -0.2) is 38.0 Å².